The van der Waals surface area contributed by atoms with E-state index < -0.39 is 11.3 Å². The van der Waals surface area contributed by atoms with Gasteiger partial charge in [-0.3, -0.25) is 0 Å². The fourth-order valence-corrected chi connectivity index (χ4v) is 7.20. The summed E-state index contributed by atoms with van der Waals surface area (Å²) in [6.07, 6.45) is 1.36. The first-order valence-electron chi connectivity index (χ1n) is 13.4. The van der Waals surface area contributed by atoms with E-state index in [-0.39, 0.29) is 0 Å². The number of hydrogen-bond acceptors (Lipinski definition) is 3. The van der Waals surface area contributed by atoms with Gasteiger partial charge in [0, 0.05) is 32.2 Å². The van der Waals surface area contributed by atoms with Crippen LogP contribution >= 0.6 is 0 Å². The standard InChI is InChI=1S/C33H32N3O2/c1-6-32(7-2)33(37,38-5)27-18-23-14-10-8-12-21(23)16-25(27)30-31-29(34-20(3)36(30)32)26-17-22-13-9-11-15-24(22)19-28(26)35(31)4/h8-19,37H,6-7H2,1-5H3/q+1. The fraction of sp³-hybridized carbons (Fsp3) is 0.273. The highest BCUT2D eigenvalue weighted by Crippen LogP contribution is 2.51. The number of methoxy groups -OCH3 is 1. The van der Waals surface area contributed by atoms with Crippen LogP contribution in [0.5, 0.6) is 0 Å². The fourth-order valence-electron chi connectivity index (χ4n) is 7.20. The molecule has 5 heteroatoms. The summed E-state index contributed by atoms with van der Waals surface area (Å²) in [6, 6.07) is 25.7. The van der Waals surface area contributed by atoms with Crippen molar-refractivity contribution in [2.45, 2.75) is 44.9 Å². The first-order valence-corrected chi connectivity index (χ1v) is 13.4. The Morgan fingerprint density at radius 1 is 0.895 bits per heavy atom. The molecule has 190 valence electrons. The molecule has 1 unspecified atom stereocenters. The molecule has 4 aromatic carbocycles. The van der Waals surface area contributed by atoms with E-state index in [9.17, 15) is 5.11 Å². The largest absolute Gasteiger partial charge is 0.358 e. The number of hydrogen-bond donors (Lipinski definition) is 1. The lowest BCUT2D eigenvalue weighted by Gasteiger charge is -2.48. The summed E-state index contributed by atoms with van der Waals surface area (Å²) < 4.78 is 10.7. The van der Waals surface area contributed by atoms with Crippen LogP contribution in [0, 0.1) is 6.92 Å². The highest BCUT2D eigenvalue weighted by molar-refractivity contribution is 6.13. The Labute approximate surface area is 221 Å². The van der Waals surface area contributed by atoms with Crippen LogP contribution in [0.1, 0.15) is 38.1 Å². The van der Waals surface area contributed by atoms with E-state index in [0.717, 1.165) is 55.4 Å². The molecule has 0 aliphatic carbocycles. The highest BCUT2D eigenvalue weighted by Gasteiger charge is 2.61. The summed E-state index contributed by atoms with van der Waals surface area (Å²) in [4.78, 5) is 5.25. The molecule has 6 aromatic rings. The first-order chi connectivity index (χ1) is 18.4. The molecule has 0 bridgehead atoms. The number of aromatic nitrogens is 3. The molecule has 1 atom stereocenters. The van der Waals surface area contributed by atoms with Crippen LogP contribution in [-0.2, 0) is 23.1 Å². The van der Waals surface area contributed by atoms with E-state index in [2.05, 4.69) is 104 Å². The summed E-state index contributed by atoms with van der Waals surface area (Å²) in [5.41, 5.74) is 5.34. The zero-order valence-corrected chi connectivity index (χ0v) is 22.5. The quantitative estimate of drug-likeness (QED) is 0.219. The molecule has 0 radical (unpaired) electrons. The van der Waals surface area contributed by atoms with Crippen LogP contribution in [0.25, 0.3) is 54.7 Å². The van der Waals surface area contributed by atoms with Crippen molar-refractivity contribution in [1.82, 2.24) is 9.55 Å². The van der Waals surface area contributed by atoms with Gasteiger partial charge in [0.05, 0.1) is 10.9 Å². The van der Waals surface area contributed by atoms with Crippen LogP contribution in [0.3, 0.4) is 0 Å². The molecule has 0 amide bonds. The maximum atomic E-state index is 12.5. The van der Waals surface area contributed by atoms with Gasteiger partial charge in [-0.25, -0.2) is 4.57 Å². The van der Waals surface area contributed by atoms with Crippen molar-refractivity contribution in [3.63, 3.8) is 0 Å². The van der Waals surface area contributed by atoms with Gasteiger partial charge >= 0.3 is 0 Å². The minimum Gasteiger partial charge on any atom is -0.358 e. The van der Waals surface area contributed by atoms with Crippen molar-refractivity contribution in [3.05, 3.63) is 84.2 Å². The van der Waals surface area contributed by atoms with Gasteiger partial charge in [-0.15, -0.1) is 0 Å². The maximum Gasteiger partial charge on any atom is 0.297 e. The third-order valence-electron chi connectivity index (χ3n) is 9.12. The molecule has 3 heterocycles. The summed E-state index contributed by atoms with van der Waals surface area (Å²) in [7, 11) is 3.75. The molecule has 5 nitrogen and oxygen atoms in total. The number of rotatable bonds is 3. The second-order valence-corrected chi connectivity index (χ2v) is 10.6. The third-order valence-corrected chi connectivity index (χ3v) is 9.12. The Hall–Kier alpha value is -3.80. The second-order valence-electron chi connectivity index (χ2n) is 10.6. The minimum absolute atomic E-state index is 0.680. The Morgan fingerprint density at radius 2 is 1.47 bits per heavy atom. The zero-order chi connectivity index (χ0) is 26.4. The average molecular weight is 503 g/mol. The zero-order valence-electron chi connectivity index (χ0n) is 22.5. The summed E-state index contributed by atoms with van der Waals surface area (Å²) in [5.74, 6) is -0.654. The molecule has 7 rings (SSSR count). The number of benzene rings is 4. The van der Waals surface area contributed by atoms with Crippen LogP contribution in [0.2, 0.25) is 0 Å². The molecule has 38 heavy (non-hydrogen) atoms. The smallest absolute Gasteiger partial charge is 0.297 e. The van der Waals surface area contributed by atoms with Crippen molar-refractivity contribution in [2.75, 3.05) is 7.11 Å². The molecule has 2 aromatic heterocycles. The molecule has 0 fully saturated rings. The molecule has 1 aliphatic heterocycles. The van der Waals surface area contributed by atoms with Crippen LogP contribution < -0.4 is 4.57 Å². The van der Waals surface area contributed by atoms with Gasteiger partial charge in [-0.2, -0.15) is 0 Å². The summed E-state index contributed by atoms with van der Waals surface area (Å²) in [5, 5.41) is 18.3. The Kier molecular flexibility index (Phi) is 4.82. The van der Waals surface area contributed by atoms with E-state index >= 15 is 0 Å². The van der Waals surface area contributed by atoms with E-state index in [1.54, 1.807) is 7.11 Å². The number of fused-ring (bicyclic) bond motifs is 9. The summed E-state index contributed by atoms with van der Waals surface area (Å²) in [6.45, 7) is 6.33. The van der Waals surface area contributed by atoms with Gasteiger partial charge in [0.25, 0.3) is 5.82 Å². The van der Waals surface area contributed by atoms with Gasteiger partial charge in [0.15, 0.2) is 11.2 Å². The molecular weight excluding hydrogens is 470 g/mol. The first kappa shape index (κ1) is 23.3. The normalized spacial score (nSPS) is 18.4. The molecule has 0 spiro atoms. The number of aryl methyl sites for hydroxylation is 2. The molecule has 0 saturated carbocycles. The van der Waals surface area contributed by atoms with Gasteiger partial charge in [-0.05, 0) is 63.6 Å². The lowest BCUT2D eigenvalue weighted by atomic mass is 9.73. The average Bonchev–Trinajstić information content (AvgIpc) is 3.21. The monoisotopic (exact) mass is 502 g/mol. The molecule has 0 saturated heterocycles. The number of ether oxygens (including phenoxy) is 1. The third kappa shape index (κ3) is 2.68. The number of nitrogens with zero attached hydrogens (tertiary/aromatic N) is 3. The Balaban J connectivity index is 1.75. The van der Waals surface area contributed by atoms with Crippen LogP contribution in [0.4, 0.5) is 0 Å². The minimum atomic E-state index is -1.52. The van der Waals surface area contributed by atoms with Crippen LogP contribution in [0.15, 0.2) is 72.8 Å². The lowest BCUT2D eigenvalue weighted by molar-refractivity contribution is -0.795. The second kappa shape index (κ2) is 7.85. The molecule has 1 N–H and O–H groups in total. The lowest BCUT2D eigenvalue weighted by Crippen LogP contribution is -2.72. The van der Waals surface area contributed by atoms with Crippen molar-refractivity contribution in [3.8, 4) is 11.3 Å². The predicted octanol–water partition coefficient (Wildman–Crippen LogP) is 6.62. The van der Waals surface area contributed by atoms with Gasteiger partial charge in [0.1, 0.15) is 5.52 Å². The van der Waals surface area contributed by atoms with E-state index in [4.69, 9.17) is 9.72 Å². The number of aliphatic hydroxyl groups is 1. The summed E-state index contributed by atoms with van der Waals surface area (Å²) >= 11 is 0. The SMILES string of the molecule is CCC1(CC)[n+]2c(C)nc3c4cc5ccccc5cc4n(C)c3c2-c2cc3ccccc3cc2C1(O)OC. The molecule has 1 aliphatic rings. The van der Waals surface area contributed by atoms with Crippen molar-refractivity contribution >= 4 is 43.5 Å². The van der Waals surface area contributed by atoms with E-state index in [1.807, 2.05) is 6.07 Å². The van der Waals surface area contributed by atoms with E-state index in [0.29, 0.717) is 12.8 Å². The van der Waals surface area contributed by atoms with Crippen molar-refractivity contribution in [1.29, 1.82) is 0 Å². The Bertz CT molecular complexity index is 1930. The topological polar surface area (TPSA) is 51.2 Å². The van der Waals surface area contributed by atoms with E-state index in [1.165, 1.54) is 10.8 Å². The highest BCUT2D eigenvalue weighted by atomic mass is 16.6. The van der Waals surface area contributed by atoms with Gasteiger partial charge < -0.3 is 14.4 Å². The van der Waals surface area contributed by atoms with Gasteiger partial charge in [0.2, 0.25) is 11.3 Å². The van der Waals surface area contributed by atoms with Crippen molar-refractivity contribution < 1.29 is 14.4 Å². The Morgan fingerprint density at radius 3 is 2.08 bits per heavy atom. The van der Waals surface area contributed by atoms with Crippen LogP contribution in [-0.4, -0.2) is 21.8 Å². The van der Waals surface area contributed by atoms with Crippen molar-refractivity contribution in [2.24, 2.45) is 7.05 Å². The maximum absolute atomic E-state index is 12.5. The molecular formula is C33H32N3O2+. The predicted molar refractivity (Wildman–Crippen MR) is 153 cm³/mol. The van der Waals surface area contributed by atoms with Gasteiger partial charge in [-0.1, -0.05) is 62.4 Å².